The zero-order valence-electron chi connectivity index (χ0n) is 17.4. The van der Waals surface area contributed by atoms with Gasteiger partial charge in [-0.05, 0) is 66.2 Å². The summed E-state index contributed by atoms with van der Waals surface area (Å²) in [5.74, 6) is 0.260. The number of nitrogens with one attached hydrogen (secondary N) is 2. The minimum absolute atomic E-state index is 0.0971. The molecule has 0 saturated heterocycles. The van der Waals surface area contributed by atoms with Crippen molar-refractivity contribution in [2.75, 3.05) is 10.0 Å². The molecule has 0 aliphatic carbocycles. The number of carbonyl (C=O) groups is 1. The van der Waals surface area contributed by atoms with Crippen LogP contribution in [0.15, 0.2) is 102 Å². The smallest absolute Gasteiger partial charge is 0.265 e. The highest BCUT2D eigenvalue weighted by molar-refractivity contribution is 7.92. The number of carbonyl (C=O) groups excluding carboxylic acids is 1. The van der Waals surface area contributed by atoms with E-state index in [0.717, 1.165) is 10.8 Å². The van der Waals surface area contributed by atoms with Gasteiger partial charge in [0.05, 0.1) is 4.90 Å². The summed E-state index contributed by atoms with van der Waals surface area (Å²) in [5.41, 5.74) is 0.951. The molecule has 0 radical (unpaired) electrons. The molecule has 1 amide bonds. The van der Waals surface area contributed by atoms with Crippen molar-refractivity contribution in [2.24, 2.45) is 0 Å². The van der Waals surface area contributed by atoms with E-state index in [2.05, 4.69) is 10.0 Å². The van der Waals surface area contributed by atoms with Crippen LogP contribution in [0.2, 0.25) is 0 Å². The van der Waals surface area contributed by atoms with Crippen molar-refractivity contribution in [1.82, 2.24) is 0 Å². The van der Waals surface area contributed by atoms with Crippen molar-refractivity contribution in [3.63, 3.8) is 0 Å². The van der Waals surface area contributed by atoms with Crippen LogP contribution < -0.4 is 14.8 Å². The molecule has 32 heavy (non-hydrogen) atoms. The van der Waals surface area contributed by atoms with Crippen molar-refractivity contribution in [2.45, 2.75) is 17.9 Å². The van der Waals surface area contributed by atoms with Gasteiger partial charge in [-0.15, -0.1) is 0 Å². The Labute approximate surface area is 186 Å². The van der Waals surface area contributed by atoms with Gasteiger partial charge in [-0.2, -0.15) is 0 Å². The van der Waals surface area contributed by atoms with Crippen molar-refractivity contribution in [3.8, 4) is 5.75 Å². The lowest BCUT2D eigenvalue weighted by molar-refractivity contribution is -0.122. The number of ether oxygens (including phenoxy) is 1. The molecule has 0 aromatic heterocycles. The molecule has 0 bridgehead atoms. The van der Waals surface area contributed by atoms with Gasteiger partial charge in [-0.3, -0.25) is 9.52 Å². The Morgan fingerprint density at radius 1 is 0.781 bits per heavy atom. The minimum Gasteiger partial charge on any atom is -0.481 e. The molecule has 1 atom stereocenters. The third-order valence-corrected chi connectivity index (χ3v) is 6.26. The highest BCUT2D eigenvalue weighted by Gasteiger charge is 2.17. The second-order valence-electron chi connectivity index (χ2n) is 7.25. The summed E-state index contributed by atoms with van der Waals surface area (Å²) in [5, 5.41) is 4.87. The van der Waals surface area contributed by atoms with Gasteiger partial charge in [0, 0.05) is 11.4 Å². The van der Waals surface area contributed by atoms with Crippen LogP contribution in [0.25, 0.3) is 10.8 Å². The van der Waals surface area contributed by atoms with Crippen molar-refractivity contribution in [1.29, 1.82) is 0 Å². The second-order valence-corrected chi connectivity index (χ2v) is 8.94. The molecule has 0 fully saturated rings. The SMILES string of the molecule is CC(Oc1ccc2ccccc2c1)C(=O)Nc1ccc(S(=O)(=O)Nc2ccccc2)cc1. The number of fused-ring (bicyclic) bond motifs is 1. The Morgan fingerprint density at radius 2 is 1.44 bits per heavy atom. The van der Waals surface area contributed by atoms with Crippen molar-refractivity contribution >= 4 is 38.1 Å². The van der Waals surface area contributed by atoms with Crippen LogP contribution in [-0.2, 0) is 14.8 Å². The zero-order valence-corrected chi connectivity index (χ0v) is 18.2. The Morgan fingerprint density at radius 3 is 2.16 bits per heavy atom. The Kier molecular flexibility index (Phi) is 6.09. The standard InChI is InChI=1S/C25H22N2O4S/c1-18(31-23-14-11-19-7-5-6-8-20(19)17-23)25(28)26-21-12-15-24(16-13-21)32(29,30)27-22-9-3-2-4-10-22/h2-18,27H,1H3,(H,26,28). The van der Waals surface area contributed by atoms with E-state index in [1.807, 2.05) is 42.5 Å². The number of para-hydroxylation sites is 1. The first-order valence-corrected chi connectivity index (χ1v) is 11.5. The molecular weight excluding hydrogens is 424 g/mol. The van der Waals surface area contributed by atoms with Crippen molar-refractivity contribution < 1.29 is 17.9 Å². The number of amides is 1. The lowest BCUT2D eigenvalue weighted by Gasteiger charge is -2.15. The van der Waals surface area contributed by atoms with Gasteiger partial charge in [-0.1, -0.05) is 48.5 Å². The van der Waals surface area contributed by atoms with Crippen LogP contribution >= 0.6 is 0 Å². The van der Waals surface area contributed by atoms with Crippen molar-refractivity contribution in [3.05, 3.63) is 97.1 Å². The fourth-order valence-corrected chi connectivity index (χ4v) is 4.24. The first kappa shape index (κ1) is 21.4. The first-order valence-electron chi connectivity index (χ1n) is 10.0. The fourth-order valence-electron chi connectivity index (χ4n) is 3.18. The summed E-state index contributed by atoms with van der Waals surface area (Å²) in [4.78, 5) is 12.6. The lowest BCUT2D eigenvalue weighted by atomic mass is 10.1. The number of sulfonamides is 1. The van der Waals surface area contributed by atoms with Gasteiger partial charge >= 0.3 is 0 Å². The molecule has 4 aromatic rings. The van der Waals surface area contributed by atoms with E-state index in [1.165, 1.54) is 12.1 Å². The summed E-state index contributed by atoms with van der Waals surface area (Å²) in [7, 11) is -3.72. The van der Waals surface area contributed by atoms with Crippen LogP contribution in [0.1, 0.15) is 6.92 Å². The molecule has 0 aliphatic heterocycles. The van der Waals surface area contributed by atoms with E-state index in [9.17, 15) is 13.2 Å². The quantitative estimate of drug-likeness (QED) is 0.416. The van der Waals surface area contributed by atoms with Gasteiger partial charge in [0.25, 0.3) is 15.9 Å². The average molecular weight is 447 g/mol. The Balaban J connectivity index is 1.39. The van der Waals surface area contributed by atoms with Crippen LogP contribution in [0.3, 0.4) is 0 Å². The minimum atomic E-state index is -3.72. The molecule has 0 aliphatic rings. The number of anilines is 2. The molecule has 0 saturated carbocycles. The van der Waals surface area contributed by atoms with Gasteiger partial charge in [0.1, 0.15) is 5.75 Å². The lowest BCUT2D eigenvalue weighted by Crippen LogP contribution is -2.30. The number of hydrogen-bond acceptors (Lipinski definition) is 4. The molecule has 0 spiro atoms. The van der Waals surface area contributed by atoms with Crippen LogP contribution in [0.5, 0.6) is 5.75 Å². The number of rotatable bonds is 7. The fraction of sp³-hybridized carbons (Fsp3) is 0.0800. The molecule has 1 unspecified atom stereocenters. The number of hydrogen-bond donors (Lipinski definition) is 2. The van der Waals surface area contributed by atoms with Gasteiger partial charge in [-0.25, -0.2) is 8.42 Å². The second kappa shape index (κ2) is 9.11. The third-order valence-electron chi connectivity index (χ3n) is 4.86. The summed E-state index contributed by atoms with van der Waals surface area (Å²) in [6, 6.07) is 28.2. The van der Waals surface area contributed by atoms with E-state index in [-0.39, 0.29) is 10.8 Å². The maximum Gasteiger partial charge on any atom is 0.265 e. The summed E-state index contributed by atoms with van der Waals surface area (Å²) >= 11 is 0. The Bertz CT molecular complexity index is 1340. The van der Waals surface area contributed by atoms with Crippen LogP contribution in [-0.4, -0.2) is 20.4 Å². The van der Waals surface area contributed by atoms with Crippen LogP contribution in [0, 0.1) is 0 Å². The Hall–Kier alpha value is -3.84. The average Bonchev–Trinajstić information content (AvgIpc) is 2.79. The molecule has 162 valence electrons. The molecule has 7 heteroatoms. The maximum atomic E-state index is 12.5. The van der Waals surface area contributed by atoms with E-state index in [4.69, 9.17) is 4.74 Å². The van der Waals surface area contributed by atoms with E-state index < -0.39 is 16.1 Å². The highest BCUT2D eigenvalue weighted by Crippen LogP contribution is 2.22. The molecule has 4 rings (SSSR count). The molecule has 0 heterocycles. The van der Waals surface area contributed by atoms with E-state index >= 15 is 0 Å². The van der Waals surface area contributed by atoms with Crippen LogP contribution in [0.4, 0.5) is 11.4 Å². The topological polar surface area (TPSA) is 84.5 Å². The normalized spacial score (nSPS) is 12.2. The predicted octanol–water partition coefficient (Wildman–Crippen LogP) is 5.05. The maximum absolute atomic E-state index is 12.5. The monoisotopic (exact) mass is 446 g/mol. The molecule has 2 N–H and O–H groups in total. The predicted molar refractivity (Wildman–Crippen MR) is 126 cm³/mol. The largest absolute Gasteiger partial charge is 0.481 e. The van der Waals surface area contributed by atoms with Gasteiger partial charge < -0.3 is 10.1 Å². The highest BCUT2D eigenvalue weighted by atomic mass is 32.2. The zero-order chi connectivity index (χ0) is 22.6. The van der Waals surface area contributed by atoms with Gasteiger partial charge in [0.15, 0.2) is 6.10 Å². The summed E-state index contributed by atoms with van der Waals surface area (Å²) in [6.45, 7) is 1.66. The number of benzene rings is 4. The molecule has 6 nitrogen and oxygen atoms in total. The third kappa shape index (κ3) is 5.07. The summed E-state index contributed by atoms with van der Waals surface area (Å²) < 4.78 is 33.3. The molecular formula is C25H22N2O4S. The summed E-state index contributed by atoms with van der Waals surface area (Å²) in [6.07, 6.45) is -0.737. The van der Waals surface area contributed by atoms with Gasteiger partial charge in [0.2, 0.25) is 0 Å². The first-order chi connectivity index (χ1) is 15.4. The van der Waals surface area contributed by atoms with E-state index in [0.29, 0.717) is 17.1 Å². The molecule has 4 aromatic carbocycles. The van der Waals surface area contributed by atoms with E-state index in [1.54, 1.807) is 49.4 Å².